The number of hydrogen-bond acceptors (Lipinski definition) is 1. The Morgan fingerprint density at radius 3 is 2.60 bits per heavy atom. The molecule has 0 heterocycles. The average Bonchev–Trinajstić information content (AvgIpc) is 2.11. The van der Waals surface area contributed by atoms with Crippen LogP contribution < -0.4 is 0 Å². The van der Waals surface area contributed by atoms with Crippen LogP contribution in [-0.4, -0.2) is 13.8 Å². The molecular formula is C12H19ClSSi. The van der Waals surface area contributed by atoms with Crippen molar-refractivity contribution in [3.63, 3.8) is 0 Å². The highest BCUT2D eigenvalue weighted by Gasteiger charge is 2.11. The van der Waals surface area contributed by atoms with Gasteiger partial charge in [0.25, 0.3) is 0 Å². The molecule has 0 bridgehead atoms. The Morgan fingerprint density at radius 1 is 1.27 bits per heavy atom. The van der Waals surface area contributed by atoms with E-state index in [9.17, 15) is 0 Å². The molecular weight excluding hydrogens is 240 g/mol. The fourth-order valence-corrected chi connectivity index (χ4v) is 4.99. The first kappa shape index (κ1) is 13.1. The van der Waals surface area contributed by atoms with Crippen LogP contribution in [0.1, 0.15) is 5.56 Å². The predicted octanol–water partition coefficient (Wildman–Crippen LogP) is 4.91. The van der Waals surface area contributed by atoms with Gasteiger partial charge in [-0.3, -0.25) is 0 Å². The van der Waals surface area contributed by atoms with E-state index in [0.29, 0.717) is 0 Å². The van der Waals surface area contributed by atoms with Gasteiger partial charge in [0.05, 0.1) is 0 Å². The third-order valence-corrected chi connectivity index (χ3v) is 5.53. The van der Waals surface area contributed by atoms with Crippen LogP contribution in [0.15, 0.2) is 24.3 Å². The summed E-state index contributed by atoms with van der Waals surface area (Å²) >= 11 is 7.95. The summed E-state index contributed by atoms with van der Waals surface area (Å²) in [4.78, 5) is 0. The molecule has 0 saturated heterocycles. The fourth-order valence-electron chi connectivity index (χ4n) is 1.20. The van der Waals surface area contributed by atoms with Crippen LogP contribution in [0.2, 0.25) is 30.7 Å². The molecule has 0 radical (unpaired) electrons. The van der Waals surface area contributed by atoms with Gasteiger partial charge in [-0.05, 0) is 29.5 Å². The summed E-state index contributed by atoms with van der Waals surface area (Å²) in [5.74, 6) is 2.37. The Morgan fingerprint density at radius 2 is 2.00 bits per heavy atom. The maximum absolute atomic E-state index is 5.93. The lowest BCUT2D eigenvalue weighted by Crippen LogP contribution is -2.19. The van der Waals surface area contributed by atoms with E-state index in [4.69, 9.17) is 11.6 Å². The molecule has 0 unspecified atom stereocenters. The Balaban J connectivity index is 2.26. The van der Waals surface area contributed by atoms with Gasteiger partial charge in [0.2, 0.25) is 0 Å². The van der Waals surface area contributed by atoms with E-state index < -0.39 is 8.07 Å². The fraction of sp³-hybridized carbons (Fsp3) is 0.500. The molecule has 0 saturated carbocycles. The minimum atomic E-state index is -0.853. The molecule has 0 spiro atoms. The molecule has 0 amide bonds. The van der Waals surface area contributed by atoms with E-state index in [2.05, 4.69) is 31.8 Å². The number of hydrogen-bond donors (Lipinski definition) is 0. The van der Waals surface area contributed by atoms with E-state index in [1.807, 2.05) is 23.9 Å². The van der Waals surface area contributed by atoms with Crippen LogP contribution in [0.25, 0.3) is 0 Å². The highest BCUT2D eigenvalue weighted by molar-refractivity contribution is 7.98. The molecule has 0 nitrogen and oxygen atoms in total. The Kier molecular flexibility index (Phi) is 5.23. The summed E-state index contributed by atoms with van der Waals surface area (Å²) in [6.07, 6.45) is 0. The lowest BCUT2D eigenvalue weighted by Gasteiger charge is -2.14. The number of benzene rings is 1. The molecule has 3 heteroatoms. The summed E-state index contributed by atoms with van der Waals surface area (Å²) < 4.78 is 0. The predicted molar refractivity (Wildman–Crippen MR) is 75.8 cm³/mol. The Labute approximate surface area is 103 Å². The number of halogens is 1. The second-order valence-electron chi connectivity index (χ2n) is 4.99. The first-order chi connectivity index (χ1) is 6.97. The number of rotatable bonds is 5. The van der Waals surface area contributed by atoms with Crippen molar-refractivity contribution >= 4 is 31.4 Å². The van der Waals surface area contributed by atoms with Crippen molar-refractivity contribution in [2.45, 2.75) is 31.4 Å². The van der Waals surface area contributed by atoms with Crippen LogP contribution in [0.4, 0.5) is 0 Å². The lowest BCUT2D eigenvalue weighted by molar-refractivity contribution is 1.35. The van der Waals surface area contributed by atoms with Gasteiger partial charge in [0.15, 0.2) is 0 Å². The molecule has 84 valence electrons. The highest BCUT2D eigenvalue weighted by atomic mass is 35.5. The van der Waals surface area contributed by atoms with Crippen LogP contribution in [-0.2, 0) is 5.75 Å². The van der Waals surface area contributed by atoms with E-state index in [-0.39, 0.29) is 0 Å². The van der Waals surface area contributed by atoms with Crippen LogP contribution in [0, 0.1) is 0 Å². The first-order valence-electron chi connectivity index (χ1n) is 5.29. The summed E-state index contributed by atoms with van der Waals surface area (Å²) in [5.41, 5.74) is 1.34. The van der Waals surface area contributed by atoms with E-state index >= 15 is 0 Å². The van der Waals surface area contributed by atoms with Gasteiger partial charge in [0.1, 0.15) is 0 Å². The van der Waals surface area contributed by atoms with Gasteiger partial charge in [-0.2, -0.15) is 11.8 Å². The zero-order valence-corrected chi connectivity index (χ0v) is 12.3. The zero-order chi connectivity index (χ0) is 11.3. The van der Waals surface area contributed by atoms with Crippen molar-refractivity contribution in [2.75, 3.05) is 5.75 Å². The van der Waals surface area contributed by atoms with Crippen molar-refractivity contribution in [3.8, 4) is 0 Å². The summed E-state index contributed by atoms with van der Waals surface area (Å²) in [7, 11) is -0.853. The Bertz CT molecular complexity index is 307. The lowest BCUT2D eigenvalue weighted by atomic mass is 10.2. The van der Waals surface area contributed by atoms with Crippen molar-refractivity contribution in [1.82, 2.24) is 0 Å². The van der Waals surface area contributed by atoms with Gasteiger partial charge in [-0.1, -0.05) is 43.4 Å². The second kappa shape index (κ2) is 5.97. The van der Waals surface area contributed by atoms with Crippen molar-refractivity contribution in [2.24, 2.45) is 0 Å². The van der Waals surface area contributed by atoms with Crippen molar-refractivity contribution in [3.05, 3.63) is 34.9 Å². The second-order valence-corrected chi connectivity index (χ2v) is 12.2. The summed E-state index contributed by atoms with van der Waals surface area (Å²) in [5, 5.41) is 0.846. The van der Waals surface area contributed by atoms with E-state index in [1.165, 1.54) is 17.4 Å². The largest absolute Gasteiger partial charge is 0.158 e. The maximum Gasteiger partial charge on any atom is 0.0450 e. The molecule has 0 N–H and O–H groups in total. The van der Waals surface area contributed by atoms with Crippen LogP contribution in [0.5, 0.6) is 0 Å². The van der Waals surface area contributed by atoms with Gasteiger partial charge < -0.3 is 0 Å². The maximum atomic E-state index is 5.93. The molecule has 1 aromatic carbocycles. The smallest absolute Gasteiger partial charge is 0.0450 e. The third-order valence-electron chi connectivity index (χ3n) is 2.15. The highest BCUT2D eigenvalue weighted by Crippen LogP contribution is 2.19. The molecule has 1 rings (SSSR count). The van der Waals surface area contributed by atoms with E-state index in [1.54, 1.807) is 0 Å². The molecule has 0 aliphatic heterocycles. The third kappa shape index (κ3) is 6.28. The Hall–Kier alpha value is 0.0769. The summed E-state index contributed by atoms with van der Waals surface area (Å²) in [6.45, 7) is 7.27. The van der Waals surface area contributed by atoms with Gasteiger partial charge in [-0.25, -0.2) is 0 Å². The van der Waals surface area contributed by atoms with Crippen LogP contribution >= 0.6 is 23.4 Å². The topological polar surface area (TPSA) is 0 Å². The molecule has 0 aliphatic carbocycles. The van der Waals surface area contributed by atoms with E-state index in [0.717, 1.165) is 10.8 Å². The minimum absolute atomic E-state index is 0.846. The van der Waals surface area contributed by atoms with Gasteiger partial charge >= 0.3 is 0 Å². The van der Waals surface area contributed by atoms with Crippen molar-refractivity contribution in [1.29, 1.82) is 0 Å². The SMILES string of the molecule is C[Si](C)(C)CCSCc1cccc(Cl)c1. The minimum Gasteiger partial charge on any atom is -0.158 e. The van der Waals surface area contributed by atoms with Gasteiger partial charge in [0, 0.05) is 18.8 Å². The normalized spacial score (nSPS) is 11.7. The van der Waals surface area contributed by atoms with Crippen LogP contribution in [0.3, 0.4) is 0 Å². The molecule has 0 atom stereocenters. The van der Waals surface area contributed by atoms with Crippen molar-refractivity contribution < 1.29 is 0 Å². The molecule has 0 aromatic heterocycles. The molecule has 0 aliphatic rings. The molecule has 15 heavy (non-hydrogen) atoms. The quantitative estimate of drug-likeness (QED) is 0.534. The summed E-state index contributed by atoms with van der Waals surface area (Å²) in [6, 6.07) is 9.56. The first-order valence-corrected chi connectivity index (χ1v) is 10.5. The number of thioether (sulfide) groups is 1. The standard InChI is InChI=1S/C12H19ClSSi/c1-15(2,3)8-7-14-10-11-5-4-6-12(13)9-11/h4-6,9H,7-8,10H2,1-3H3. The zero-order valence-electron chi connectivity index (χ0n) is 9.72. The molecule has 1 aromatic rings. The molecule has 0 fully saturated rings. The van der Waals surface area contributed by atoms with Gasteiger partial charge in [-0.15, -0.1) is 0 Å². The monoisotopic (exact) mass is 258 g/mol. The average molecular weight is 259 g/mol.